The SMILES string of the molecule is CC1(C)C2C(=O)N(CCc3cccc(C(=O)O)c3)C(=O)C21. The predicted molar refractivity (Wildman–Crippen MR) is 74.6 cm³/mol. The van der Waals surface area contributed by atoms with Gasteiger partial charge in [-0.15, -0.1) is 0 Å². The molecule has 1 aromatic rings. The first-order valence-corrected chi connectivity index (χ1v) is 7.01. The van der Waals surface area contributed by atoms with Gasteiger partial charge < -0.3 is 5.11 Å². The van der Waals surface area contributed by atoms with Gasteiger partial charge in [0.2, 0.25) is 11.8 Å². The second-order valence-electron chi connectivity index (χ2n) is 6.36. The third-order valence-corrected chi connectivity index (χ3v) is 4.69. The number of piperidine rings is 1. The van der Waals surface area contributed by atoms with Crippen molar-refractivity contribution in [1.29, 1.82) is 0 Å². The fraction of sp³-hybridized carbons (Fsp3) is 0.438. The van der Waals surface area contributed by atoms with Crippen LogP contribution in [-0.2, 0) is 16.0 Å². The average Bonchev–Trinajstić information content (AvgIpc) is 2.89. The number of carbonyl (C=O) groups excluding carboxylic acids is 2. The van der Waals surface area contributed by atoms with E-state index in [0.717, 1.165) is 5.56 Å². The Bertz CT molecular complexity index is 625. The number of aromatic carboxylic acids is 1. The van der Waals surface area contributed by atoms with E-state index in [1.165, 1.54) is 11.0 Å². The number of likely N-dealkylation sites (tertiary alicyclic amines) is 1. The Hall–Kier alpha value is -2.17. The van der Waals surface area contributed by atoms with Crippen LogP contribution in [0.25, 0.3) is 0 Å². The molecule has 2 atom stereocenters. The van der Waals surface area contributed by atoms with Crippen LogP contribution >= 0.6 is 0 Å². The zero-order valence-corrected chi connectivity index (χ0v) is 12.0. The molecule has 1 N–H and O–H groups in total. The maximum Gasteiger partial charge on any atom is 0.335 e. The second kappa shape index (κ2) is 4.41. The molecule has 2 amide bonds. The summed E-state index contributed by atoms with van der Waals surface area (Å²) in [6.45, 7) is 4.22. The number of hydrogen-bond acceptors (Lipinski definition) is 3. The molecular formula is C16H17NO4. The van der Waals surface area contributed by atoms with Crippen molar-refractivity contribution in [2.24, 2.45) is 17.3 Å². The number of nitrogens with zero attached hydrogens (tertiary/aromatic N) is 1. The zero-order valence-electron chi connectivity index (χ0n) is 12.0. The van der Waals surface area contributed by atoms with Gasteiger partial charge in [-0.2, -0.15) is 0 Å². The molecule has 0 bridgehead atoms. The van der Waals surface area contributed by atoms with Gasteiger partial charge in [0.1, 0.15) is 0 Å². The van der Waals surface area contributed by atoms with Gasteiger partial charge in [0.25, 0.3) is 0 Å². The Morgan fingerprint density at radius 1 is 1.24 bits per heavy atom. The van der Waals surface area contributed by atoms with Crippen LogP contribution in [0.3, 0.4) is 0 Å². The number of amides is 2. The first-order chi connectivity index (χ1) is 9.84. The Kier molecular flexibility index (Phi) is 2.90. The molecule has 0 radical (unpaired) electrons. The molecule has 0 aromatic heterocycles. The van der Waals surface area contributed by atoms with Gasteiger partial charge in [-0.1, -0.05) is 26.0 Å². The molecule has 2 fully saturated rings. The molecule has 1 aliphatic carbocycles. The molecule has 5 nitrogen and oxygen atoms in total. The molecule has 110 valence electrons. The van der Waals surface area contributed by atoms with Crippen molar-refractivity contribution < 1.29 is 19.5 Å². The Labute approximate surface area is 122 Å². The average molecular weight is 287 g/mol. The monoisotopic (exact) mass is 287 g/mol. The van der Waals surface area contributed by atoms with Crippen LogP contribution in [0.4, 0.5) is 0 Å². The van der Waals surface area contributed by atoms with E-state index in [-0.39, 0.29) is 34.6 Å². The highest BCUT2D eigenvalue weighted by molar-refractivity contribution is 6.10. The van der Waals surface area contributed by atoms with E-state index in [2.05, 4.69) is 0 Å². The molecule has 1 aromatic carbocycles. The third-order valence-electron chi connectivity index (χ3n) is 4.69. The summed E-state index contributed by atoms with van der Waals surface area (Å²) < 4.78 is 0. The highest BCUT2D eigenvalue weighted by atomic mass is 16.4. The topological polar surface area (TPSA) is 74.7 Å². The molecule has 2 aliphatic rings. The van der Waals surface area contributed by atoms with Gasteiger partial charge >= 0.3 is 5.97 Å². The highest BCUT2D eigenvalue weighted by Crippen LogP contribution is 2.63. The lowest BCUT2D eigenvalue weighted by molar-refractivity contribution is -0.142. The summed E-state index contributed by atoms with van der Waals surface area (Å²) in [6.07, 6.45) is 0.485. The number of hydrogen-bond donors (Lipinski definition) is 1. The summed E-state index contributed by atoms with van der Waals surface area (Å²) in [5.41, 5.74) is 0.847. The van der Waals surface area contributed by atoms with Crippen LogP contribution in [0, 0.1) is 17.3 Å². The van der Waals surface area contributed by atoms with Crippen LogP contribution in [0.2, 0.25) is 0 Å². The van der Waals surface area contributed by atoms with Crippen molar-refractivity contribution in [1.82, 2.24) is 4.90 Å². The van der Waals surface area contributed by atoms with Gasteiger partial charge in [0, 0.05) is 6.54 Å². The lowest BCUT2D eigenvalue weighted by Gasteiger charge is -2.20. The summed E-state index contributed by atoms with van der Waals surface area (Å²) in [5.74, 6) is -1.45. The molecule has 1 saturated heterocycles. The number of rotatable bonds is 4. The second-order valence-corrected chi connectivity index (χ2v) is 6.36. The van der Waals surface area contributed by atoms with E-state index in [0.29, 0.717) is 13.0 Å². The minimum atomic E-state index is -0.979. The van der Waals surface area contributed by atoms with E-state index >= 15 is 0 Å². The third kappa shape index (κ3) is 2.04. The predicted octanol–water partition coefficient (Wildman–Crippen LogP) is 1.57. The molecule has 1 saturated carbocycles. The fourth-order valence-electron chi connectivity index (χ4n) is 3.33. The molecule has 3 rings (SSSR count). The van der Waals surface area contributed by atoms with Crippen molar-refractivity contribution in [3.63, 3.8) is 0 Å². The van der Waals surface area contributed by atoms with E-state index < -0.39 is 5.97 Å². The molecule has 2 unspecified atom stereocenters. The maximum absolute atomic E-state index is 12.2. The quantitative estimate of drug-likeness (QED) is 0.853. The minimum Gasteiger partial charge on any atom is -0.478 e. The lowest BCUT2D eigenvalue weighted by Crippen LogP contribution is -2.37. The molecule has 21 heavy (non-hydrogen) atoms. The van der Waals surface area contributed by atoms with Crippen molar-refractivity contribution in [2.75, 3.05) is 6.54 Å². The highest BCUT2D eigenvalue weighted by Gasteiger charge is 2.72. The van der Waals surface area contributed by atoms with Crippen molar-refractivity contribution >= 4 is 17.8 Å². The number of benzene rings is 1. The first-order valence-electron chi connectivity index (χ1n) is 7.01. The molecular weight excluding hydrogens is 270 g/mol. The zero-order chi connectivity index (χ0) is 15.4. The Balaban J connectivity index is 1.67. The van der Waals surface area contributed by atoms with E-state index in [4.69, 9.17) is 5.11 Å². The smallest absolute Gasteiger partial charge is 0.335 e. The van der Waals surface area contributed by atoms with Gasteiger partial charge in [0.15, 0.2) is 0 Å². The molecule has 1 aliphatic heterocycles. The van der Waals surface area contributed by atoms with E-state index in [1.807, 2.05) is 19.9 Å². The number of imide groups is 1. The maximum atomic E-state index is 12.2. The van der Waals surface area contributed by atoms with Gasteiger partial charge in [0.05, 0.1) is 17.4 Å². The lowest BCUT2D eigenvalue weighted by atomic mass is 10.0. The normalized spacial score (nSPS) is 25.9. The van der Waals surface area contributed by atoms with Gasteiger partial charge in [-0.25, -0.2) is 4.79 Å². The van der Waals surface area contributed by atoms with Crippen LogP contribution in [-0.4, -0.2) is 34.3 Å². The number of fused-ring (bicyclic) bond motifs is 1. The largest absolute Gasteiger partial charge is 0.478 e. The number of carboxylic acid groups (broad SMARTS) is 1. The van der Waals surface area contributed by atoms with E-state index in [1.54, 1.807) is 12.1 Å². The summed E-state index contributed by atoms with van der Waals surface area (Å²) in [6, 6.07) is 6.59. The van der Waals surface area contributed by atoms with Crippen LogP contribution in [0.5, 0.6) is 0 Å². The first kappa shape index (κ1) is 13.8. The Morgan fingerprint density at radius 3 is 2.43 bits per heavy atom. The van der Waals surface area contributed by atoms with Crippen molar-refractivity contribution in [3.8, 4) is 0 Å². The minimum absolute atomic E-state index is 0.0793. The van der Waals surface area contributed by atoms with Crippen molar-refractivity contribution in [3.05, 3.63) is 35.4 Å². The summed E-state index contributed by atoms with van der Waals surface area (Å²) >= 11 is 0. The fourth-order valence-corrected chi connectivity index (χ4v) is 3.33. The van der Waals surface area contributed by atoms with E-state index in [9.17, 15) is 14.4 Å². The number of carbonyl (C=O) groups is 3. The molecule has 0 spiro atoms. The van der Waals surface area contributed by atoms with Gasteiger partial charge in [-0.3, -0.25) is 14.5 Å². The van der Waals surface area contributed by atoms with Gasteiger partial charge in [-0.05, 0) is 29.5 Å². The Morgan fingerprint density at radius 2 is 1.86 bits per heavy atom. The van der Waals surface area contributed by atoms with Crippen LogP contribution in [0.1, 0.15) is 29.8 Å². The molecule has 1 heterocycles. The van der Waals surface area contributed by atoms with Crippen LogP contribution < -0.4 is 0 Å². The van der Waals surface area contributed by atoms with Crippen LogP contribution in [0.15, 0.2) is 24.3 Å². The number of carboxylic acids is 1. The van der Waals surface area contributed by atoms with Crippen molar-refractivity contribution in [2.45, 2.75) is 20.3 Å². The summed E-state index contributed by atoms with van der Waals surface area (Å²) in [4.78, 5) is 36.6. The molecule has 5 heteroatoms. The standard InChI is InChI=1S/C16H17NO4/c1-16(2)11-12(16)14(19)17(13(11)18)7-6-9-4-3-5-10(8-9)15(20)21/h3-5,8,11-12H,6-7H2,1-2H3,(H,20,21). The summed E-state index contributed by atoms with van der Waals surface area (Å²) in [7, 11) is 0. The summed E-state index contributed by atoms with van der Waals surface area (Å²) in [5, 5.41) is 8.95.